The molecule has 1 heterocycles. The molecule has 2 rings (SSSR count). The Morgan fingerprint density at radius 2 is 1.79 bits per heavy atom. The van der Waals surface area contributed by atoms with E-state index in [9.17, 15) is 9.59 Å². The number of amides is 1. The molecule has 0 bridgehead atoms. The first-order valence-corrected chi connectivity index (χ1v) is 9.46. The summed E-state index contributed by atoms with van der Waals surface area (Å²) in [7, 11) is 0. The Labute approximate surface area is 166 Å². The molecule has 0 aliphatic rings. The Morgan fingerprint density at radius 1 is 1.04 bits per heavy atom. The van der Waals surface area contributed by atoms with Crippen molar-refractivity contribution in [2.45, 2.75) is 52.2 Å². The lowest BCUT2D eigenvalue weighted by Crippen LogP contribution is -2.33. The third kappa shape index (κ3) is 8.20. The van der Waals surface area contributed by atoms with Gasteiger partial charge in [0, 0.05) is 30.8 Å². The van der Waals surface area contributed by atoms with Gasteiger partial charge in [0.05, 0.1) is 0 Å². The molecule has 0 radical (unpaired) electrons. The minimum atomic E-state index is -0.510. The lowest BCUT2D eigenvalue weighted by molar-refractivity contribution is 0.0527. The predicted molar refractivity (Wildman–Crippen MR) is 107 cm³/mol. The quantitative estimate of drug-likeness (QED) is 0.507. The molecule has 0 fully saturated rings. The van der Waals surface area contributed by atoms with Crippen molar-refractivity contribution in [3.05, 3.63) is 59.8 Å². The highest BCUT2D eigenvalue weighted by molar-refractivity contribution is 5.95. The van der Waals surface area contributed by atoms with Crippen LogP contribution in [0.3, 0.4) is 0 Å². The number of hydrogen-bond acceptors (Lipinski definition) is 5. The minimum absolute atomic E-state index is 0.0272. The number of Topliss-reactive ketones (excluding diaryl/α,β-unsaturated/α-hetero) is 1. The van der Waals surface area contributed by atoms with Crippen molar-refractivity contribution >= 4 is 11.9 Å². The highest BCUT2D eigenvalue weighted by Gasteiger charge is 2.15. The summed E-state index contributed by atoms with van der Waals surface area (Å²) in [5.41, 5.74) is 1.11. The first-order chi connectivity index (χ1) is 13.3. The minimum Gasteiger partial charge on any atom is -0.473 e. The normalized spacial score (nSPS) is 11.0. The van der Waals surface area contributed by atoms with Gasteiger partial charge in [-0.1, -0.05) is 30.3 Å². The van der Waals surface area contributed by atoms with Gasteiger partial charge in [-0.05, 0) is 45.2 Å². The van der Waals surface area contributed by atoms with Crippen LogP contribution in [0.4, 0.5) is 4.79 Å². The van der Waals surface area contributed by atoms with Crippen molar-refractivity contribution in [3.63, 3.8) is 0 Å². The number of ether oxygens (including phenoxy) is 2. The monoisotopic (exact) mass is 384 g/mol. The van der Waals surface area contributed by atoms with E-state index in [0.29, 0.717) is 43.9 Å². The van der Waals surface area contributed by atoms with Crippen molar-refractivity contribution in [2.75, 3.05) is 6.54 Å². The van der Waals surface area contributed by atoms with Crippen LogP contribution in [0.5, 0.6) is 5.88 Å². The molecule has 1 aromatic heterocycles. The van der Waals surface area contributed by atoms with Gasteiger partial charge in [-0.15, -0.1) is 0 Å². The summed E-state index contributed by atoms with van der Waals surface area (Å²) in [6.45, 7) is 6.37. The Bertz CT molecular complexity index is 752. The van der Waals surface area contributed by atoms with Crippen LogP contribution in [-0.4, -0.2) is 29.0 Å². The van der Waals surface area contributed by atoms with Crippen molar-refractivity contribution in [1.82, 2.24) is 10.3 Å². The van der Waals surface area contributed by atoms with Crippen molar-refractivity contribution < 1.29 is 19.1 Å². The van der Waals surface area contributed by atoms with Gasteiger partial charge in [-0.3, -0.25) is 4.79 Å². The van der Waals surface area contributed by atoms with Gasteiger partial charge in [-0.25, -0.2) is 9.78 Å². The fourth-order valence-electron chi connectivity index (χ4n) is 2.42. The number of carbonyl (C=O) groups excluding carboxylic acids is 2. The van der Waals surface area contributed by atoms with Gasteiger partial charge in [0.1, 0.15) is 12.2 Å². The second kappa shape index (κ2) is 10.4. The van der Waals surface area contributed by atoms with Crippen molar-refractivity contribution in [1.29, 1.82) is 0 Å². The van der Waals surface area contributed by atoms with Gasteiger partial charge in [0.15, 0.2) is 5.78 Å². The van der Waals surface area contributed by atoms with Gasteiger partial charge < -0.3 is 14.8 Å². The average Bonchev–Trinajstić information content (AvgIpc) is 2.66. The number of pyridine rings is 1. The summed E-state index contributed by atoms with van der Waals surface area (Å²) >= 11 is 0. The Morgan fingerprint density at radius 3 is 2.43 bits per heavy atom. The molecule has 0 saturated carbocycles. The maximum absolute atomic E-state index is 12.2. The lowest BCUT2D eigenvalue weighted by atomic mass is 10.1. The maximum Gasteiger partial charge on any atom is 0.407 e. The Balaban J connectivity index is 1.66. The number of nitrogens with zero attached hydrogens (tertiary/aromatic N) is 1. The zero-order valence-corrected chi connectivity index (χ0v) is 16.7. The molecule has 6 nitrogen and oxygen atoms in total. The highest BCUT2D eigenvalue weighted by atomic mass is 16.6. The third-order valence-electron chi connectivity index (χ3n) is 3.79. The van der Waals surface area contributed by atoms with Crippen LogP contribution in [0.1, 0.15) is 56.0 Å². The smallest absolute Gasteiger partial charge is 0.407 e. The summed E-state index contributed by atoms with van der Waals surface area (Å²) in [6, 6.07) is 13.3. The van der Waals surface area contributed by atoms with E-state index in [1.54, 1.807) is 18.3 Å². The molecule has 0 atom stereocenters. The number of benzene rings is 1. The molecule has 1 N–H and O–H groups in total. The molecule has 0 saturated heterocycles. The highest BCUT2D eigenvalue weighted by Crippen LogP contribution is 2.13. The molecule has 1 aromatic carbocycles. The number of alkyl carbamates (subject to hydrolysis) is 1. The molecule has 2 aromatic rings. The first-order valence-electron chi connectivity index (χ1n) is 9.46. The summed E-state index contributed by atoms with van der Waals surface area (Å²) in [5, 5.41) is 2.69. The van der Waals surface area contributed by atoms with Crippen LogP contribution in [-0.2, 0) is 11.3 Å². The van der Waals surface area contributed by atoms with E-state index < -0.39 is 11.7 Å². The topological polar surface area (TPSA) is 77.5 Å². The lowest BCUT2D eigenvalue weighted by Gasteiger charge is -2.19. The zero-order chi connectivity index (χ0) is 20.4. The number of hydrogen-bond donors (Lipinski definition) is 1. The van der Waals surface area contributed by atoms with Crippen molar-refractivity contribution in [2.24, 2.45) is 0 Å². The van der Waals surface area contributed by atoms with E-state index >= 15 is 0 Å². The molecule has 1 amide bonds. The standard InChI is InChI=1S/C22H28N2O4/c1-22(2,3)28-21(26)23-14-8-7-11-19(25)18-12-13-20(24-15-18)27-16-17-9-5-4-6-10-17/h4-6,9-10,12-13,15H,7-8,11,14,16H2,1-3H3,(H,23,26). The Hall–Kier alpha value is -2.89. The van der Waals surface area contributed by atoms with E-state index in [1.807, 2.05) is 51.1 Å². The summed E-state index contributed by atoms with van der Waals surface area (Å²) in [6.07, 6.45) is 2.90. The van der Waals surface area contributed by atoms with Gasteiger partial charge in [0.25, 0.3) is 0 Å². The van der Waals surface area contributed by atoms with E-state index in [4.69, 9.17) is 9.47 Å². The summed E-state index contributed by atoms with van der Waals surface area (Å²) in [4.78, 5) is 28.0. The summed E-state index contributed by atoms with van der Waals surface area (Å²) < 4.78 is 10.8. The van der Waals surface area contributed by atoms with Crippen molar-refractivity contribution in [3.8, 4) is 5.88 Å². The van der Waals surface area contributed by atoms with Crippen LogP contribution in [0, 0.1) is 0 Å². The largest absolute Gasteiger partial charge is 0.473 e. The van der Waals surface area contributed by atoms with Gasteiger partial charge in [-0.2, -0.15) is 0 Å². The van der Waals surface area contributed by atoms with E-state index in [0.717, 1.165) is 5.56 Å². The molecule has 0 spiro atoms. The number of aromatic nitrogens is 1. The predicted octanol–water partition coefficient (Wildman–Crippen LogP) is 4.54. The van der Waals surface area contributed by atoms with E-state index in [1.165, 1.54) is 0 Å². The molecule has 28 heavy (non-hydrogen) atoms. The molecule has 0 unspecified atom stereocenters. The number of ketones is 1. The van der Waals surface area contributed by atoms with Gasteiger partial charge >= 0.3 is 6.09 Å². The maximum atomic E-state index is 12.2. The second-order valence-corrected chi connectivity index (χ2v) is 7.47. The molecular weight excluding hydrogens is 356 g/mol. The SMILES string of the molecule is CC(C)(C)OC(=O)NCCCCC(=O)c1ccc(OCc2ccccc2)nc1. The molecular formula is C22H28N2O4. The van der Waals surface area contributed by atoms with Crippen LogP contribution in [0.15, 0.2) is 48.7 Å². The van der Waals surface area contributed by atoms with Crippen LogP contribution < -0.4 is 10.1 Å². The second-order valence-electron chi connectivity index (χ2n) is 7.47. The Kier molecular flexibility index (Phi) is 7.99. The third-order valence-corrected chi connectivity index (χ3v) is 3.79. The molecule has 150 valence electrons. The van der Waals surface area contributed by atoms with Crippen LogP contribution in [0.2, 0.25) is 0 Å². The van der Waals surface area contributed by atoms with Crippen LogP contribution >= 0.6 is 0 Å². The first kappa shape index (κ1) is 21.4. The number of carbonyl (C=O) groups is 2. The fraction of sp³-hybridized carbons (Fsp3) is 0.409. The van der Waals surface area contributed by atoms with E-state index in [-0.39, 0.29) is 5.78 Å². The molecule has 0 aliphatic carbocycles. The van der Waals surface area contributed by atoms with Crippen LogP contribution in [0.25, 0.3) is 0 Å². The summed E-state index contributed by atoms with van der Waals surface area (Å²) in [5.74, 6) is 0.515. The van der Waals surface area contributed by atoms with Gasteiger partial charge in [0.2, 0.25) is 5.88 Å². The van der Waals surface area contributed by atoms with E-state index in [2.05, 4.69) is 10.3 Å². The average molecular weight is 384 g/mol. The fourth-order valence-corrected chi connectivity index (χ4v) is 2.42. The number of rotatable bonds is 9. The molecule has 6 heteroatoms. The zero-order valence-electron chi connectivity index (χ0n) is 16.7. The molecule has 0 aliphatic heterocycles. The number of nitrogens with one attached hydrogen (secondary N) is 1. The number of unbranched alkanes of at least 4 members (excludes halogenated alkanes) is 1.